The quantitative estimate of drug-likeness (QED) is 0.797. The molecule has 2 atom stereocenters. The molecule has 1 aliphatic carbocycles. The second-order valence-corrected chi connectivity index (χ2v) is 7.45. The third kappa shape index (κ3) is 3.44. The average molecular weight is 309 g/mol. The molecule has 1 aliphatic rings. The first kappa shape index (κ1) is 14.2. The number of anilines is 1. The Morgan fingerprint density at radius 3 is 3.15 bits per heavy atom. The van der Waals surface area contributed by atoms with E-state index in [4.69, 9.17) is 11.6 Å². The highest BCUT2D eigenvalue weighted by atomic mass is 35.5. The summed E-state index contributed by atoms with van der Waals surface area (Å²) >= 11 is 7.70. The first-order valence-corrected chi connectivity index (χ1v) is 8.70. The largest absolute Gasteiger partial charge is 0.361 e. The highest BCUT2D eigenvalue weighted by Gasteiger charge is 2.18. The van der Waals surface area contributed by atoms with E-state index in [1.165, 1.54) is 32.1 Å². The lowest BCUT2D eigenvalue weighted by atomic mass is 9.81. The van der Waals surface area contributed by atoms with Gasteiger partial charge in [0.1, 0.15) is 0 Å². The molecule has 1 heterocycles. The Morgan fingerprint density at radius 2 is 2.30 bits per heavy atom. The number of aromatic nitrogens is 1. The van der Waals surface area contributed by atoms with Gasteiger partial charge in [-0.15, -0.1) is 0 Å². The van der Waals surface area contributed by atoms with Crippen LogP contribution in [0.15, 0.2) is 18.2 Å². The molecule has 2 unspecified atom stereocenters. The van der Waals surface area contributed by atoms with Gasteiger partial charge in [-0.1, -0.05) is 49.1 Å². The Labute approximate surface area is 129 Å². The first-order chi connectivity index (χ1) is 9.70. The molecule has 20 heavy (non-hydrogen) atoms. The van der Waals surface area contributed by atoms with Crippen molar-refractivity contribution < 1.29 is 0 Å². The smallest absolute Gasteiger partial charge is 0.183 e. The van der Waals surface area contributed by atoms with Crippen LogP contribution < -0.4 is 5.32 Å². The van der Waals surface area contributed by atoms with Gasteiger partial charge in [0.05, 0.1) is 10.2 Å². The summed E-state index contributed by atoms with van der Waals surface area (Å²) in [5.74, 6) is 1.81. The molecular formula is C16H21ClN2S. The number of hydrogen-bond acceptors (Lipinski definition) is 3. The highest BCUT2D eigenvalue weighted by Crippen LogP contribution is 2.31. The molecule has 0 bridgehead atoms. The van der Waals surface area contributed by atoms with Crippen molar-refractivity contribution >= 4 is 38.3 Å². The van der Waals surface area contributed by atoms with Crippen LogP contribution in [0.1, 0.15) is 39.0 Å². The van der Waals surface area contributed by atoms with Gasteiger partial charge < -0.3 is 5.32 Å². The Bertz CT molecular complexity index is 581. The Balaban J connectivity index is 1.54. The zero-order valence-corrected chi connectivity index (χ0v) is 13.4. The topological polar surface area (TPSA) is 24.9 Å². The summed E-state index contributed by atoms with van der Waals surface area (Å²) < 4.78 is 1.16. The van der Waals surface area contributed by atoms with Crippen molar-refractivity contribution in [2.24, 2.45) is 11.8 Å². The normalized spacial score (nSPS) is 23.1. The molecule has 1 aromatic heterocycles. The minimum absolute atomic E-state index is 0.781. The van der Waals surface area contributed by atoms with E-state index in [9.17, 15) is 0 Å². The SMILES string of the molecule is CC1CCCC(CCNc2nc3ccc(Cl)cc3s2)C1. The number of hydrogen-bond donors (Lipinski definition) is 1. The van der Waals surface area contributed by atoms with Crippen LogP contribution >= 0.6 is 22.9 Å². The highest BCUT2D eigenvalue weighted by molar-refractivity contribution is 7.22. The maximum atomic E-state index is 6.01. The molecule has 1 N–H and O–H groups in total. The number of thiazole rings is 1. The maximum Gasteiger partial charge on any atom is 0.183 e. The van der Waals surface area contributed by atoms with Gasteiger partial charge in [0.15, 0.2) is 5.13 Å². The van der Waals surface area contributed by atoms with Crippen molar-refractivity contribution in [2.45, 2.75) is 39.0 Å². The summed E-state index contributed by atoms with van der Waals surface area (Å²) in [7, 11) is 0. The number of benzene rings is 1. The van der Waals surface area contributed by atoms with Crippen molar-refractivity contribution in [1.82, 2.24) is 4.98 Å². The van der Waals surface area contributed by atoms with E-state index in [2.05, 4.69) is 17.2 Å². The molecule has 108 valence electrons. The lowest BCUT2D eigenvalue weighted by Gasteiger charge is -2.26. The molecule has 0 spiro atoms. The van der Waals surface area contributed by atoms with E-state index in [1.807, 2.05) is 18.2 Å². The summed E-state index contributed by atoms with van der Waals surface area (Å²) in [6.07, 6.45) is 6.90. The van der Waals surface area contributed by atoms with Crippen molar-refractivity contribution in [3.05, 3.63) is 23.2 Å². The number of nitrogens with one attached hydrogen (secondary N) is 1. The number of nitrogens with zero attached hydrogens (tertiary/aromatic N) is 1. The molecular weight excluding hydrogens is 288 g/mol. The number of fused-ring (bicyclic) bond motifs is 1. The molecule has 2 aromatic rings. The predicted octanol–water partition coefficient (Wildman–Crippen LogP) is 5.58. The Hall–Kier alpha value is -0.800. The molecule has 1 fully saturated rings. The fraction of sp³-hybridized carbons (Fsp3) is 0.562. The fourth-order valence-electron chi connectivity index (χ4n) is 3.18. The first-order valence-electron chi connectivity index (χ1n) is 7.50. The molecule has 3 rings (SSSR count). The van der Waals surface area contributed by atoms with Gasteiger partial charge in [-0.2, -0.15) is 0 Å². The van der Waals surface area contributed by atoms with Gasteiger partial charge in [-0.25, -0.2) is 4.98 Å². The molecule has 1 aromatic carbocycles. The zero-order chi connectivity index (χ0) is 13.9. The molecule has 0 radical (unpaired) electrons. The molecule has 2 nitrogen and oxygen atoms in total. The van der Waals surface area contributed by atoms with Crippen LogP contribution in [-0.2, 0) is 0 Å². The van der Waals surface area contributed by atoms with E-state index >= 15 is 0 Å². The molecule has 4 heteroatoms. The second kappa shape index (κ2) is 6.31. The summed E-state index contributed by atoms with van der Waals surface area (Å²) in [4.78, 5) is 4.60. The van der Waals surface area contributed by atoms with Crippen LogP contribution in [0.2, 0.25) is 5.02 Å². The van der Waals surface area contributed by atoms with E-state index in [-0.39, 0.29) is 0 Å². The molecule has 0 amide bonds. The average Bonchev–Trinajstić information content (AvgIpc) is 2.80. The monoisotopic (exact) mass is 308 g/mol. The van der Waals surface area contributed by atoms with Crippen LogP contribution in [-0.4, -0.2) is 11.5 Å². The van der Waals surface area contributed by atoms with Crippen LogP contribution in [0.3, 0.4) is 0 Å². The van der Waals surface area contributed by atoms with Crippen molar-refractivity contribution in [3.63, 3.8) is 0 Å². The van der Waals surface area contributed by atoms with Gasteiger partial charge in [-0.3, -0.25) is 0 Å². The zero-order valence-electron chi connectivity index (χ0n) is 11.9. The number of rotatable bonds is 4. The standard InChI is InChI=1S/C16H21ClN2S/c1-11-3-2-4-12(9-11)7-8-18-16-19-14-6-5-13(17)10-15(14)20-16/h5-6,10-12H,2-4,7-9H2,1H3,(H,18,19). The van der Waals surface area contributed by atoms with Crippen LogP contribution in [0.25, 0.3) is 10.2 Å². The minimum Gasteiger partial charge on any atom is -0.361 e. The van der Waals surface area contributed by atoms with Crippen LogP contribution in [0.5, 0.6) is 0 Å². The van der Waals surface area contributed by atoms with E-state index in [1.54, 1.807) is 11.3 Å². The fourth-order valence-corrected chi connectivity index (χ4v) is 4.35. The molecule has 0 aliphatic heterocycles. The summed E-state index contributed by atoms with van der Waals surface area (Å²) in [6.45, 7) is 3.42. The lowest BCUT2D eigenvalue weighted by molar-refractivity contribution is 0.274. The van der Waals surface area contributed by atoms with E-state index in [0.717, 1.165) is 38.8 Å². The van der Waals surface area contributed by atoms with Crippen molar-refractivity contribution in [1.29, 1.82) is 0 Å². The Morgan fingerprint density at radius 1 is 1.40 bits per heavy atom. The van der Waals surface area contributed by atoms with E-state index < -0.39 is 0 Å². The van der Waals surface area contributed by atoms with Crippen molar-refractivity contribution in [2.75, 3.05) is 11.9 Å². The van der Waals surface area contributed by atoms with Gasteiger partial charge in [0, 0.05) is 11.6 Å². The minimum atomic E-state index is 0.781. The van der Waals surface area contributed by atoms with Gasteiger partial charge in [0.2, 0.25) is 0 Å². The van der Waals surface area contributed by atoms with E-state index in [0.29, 0.717) is 0 Å². The van der Waals surface area contributed by atoms with Gasteiger partial charge in [-0.05, 0) is 42.9 Å². The second-order valence-electron chi connectivity index (χ2n) is 5.98. The van der Waals surface area contributed by atoms with Gasteiger partial charge >= 0.3 is 0 Å². The molecule has 1 saturated carbocycles. The molecule has 0 saturated heterocycles. The van der Waals surface area contributed by atoms with Gasteiger partial charge in [0.25, 0.3) is 0 Å². The Kier molecular flexibility index (Phi) is 4.47. The predicted molar refractivity (Wildman–Crippen MR) is 88.9 cm³/mol. The maximum absolute atomic E-state index is 6.01. The van der Waals surface area contributed by atoms with Crippen LogP contribution in [0.4, 0.5) is 5.13 Å². The lowest BCUT2D eigenvalue weighted by Crippen LogP contribution is -2.16. The van der Waals surface area contributed by atoms with Crippen LogP contribution in [0, 0.1) is 11.8 Å². The summed E-state index contributed by atoms with van der Waals surface area (Å²) in [5.41, 5.74) is 1.04. The summed E-state index contributed by atoms with van der Waals surface area (Å²) in [5, 5.41) is 5.28. The van der Waals surface area contributed by atoms with Crippen molar-refractivity contribution in [3.8, 4) is 0 Å². The number of halogens is 1. The summed E-state index contributed by atoms with van der Waals surface area (Å²) in [6, 6.07) is 5.88. The third-order valence-corrected chi connectivity index (χ3v) is 5.44. The third-order valence-electron chi connectivity index (χ3n) is 4.22.